The number of rotatable bonds is 9. The van der Waals surface area contributed by atoms with Gasteiger partial charge in [0, 0.05) is 22.2 Å². The molecular formula is C22H20Cl2F3N5O5S. The number of aliphatic hydroxyl groups excluding tert-OH is 1. The molecule has 0 aliphatic heterocycles. The van der Waals surface area contributed by atoms with Crippen molar-refractivity contribution < 1.29 is 31.5 Å². The predicted molar refractivity (Wildman–Crippen MR) is 135 cm³/mol. The number of benzene rings is 2. The van der Waals surface area contributed by atoms with E-state index in [1.54, 1.807) is 18.2 Å². The van der Waals surface area contributed by atoms with E-state index in [-0.39, 0.29) is 29.2 Å². The van der Waals surface area contributed by atoms with Gasteiger partial charge in [0.25, 0.3) is 0 Å². The Labute approximate surface area is 224 Å². The highest BCUT2D eigenvalue weighted by molar-refractivity contribution is 7.88. The summed E-state index contributed by atoms with van der Waals surface area (Å²) in [6, 6.07) is 11.0. The molecule has 0 radical (unpaired) electrons. The van der Waals surface area contributed by atoms with E-state index in [2.05, 4.69) is 15.1 Å². The van der Waals surface area contributed by atoms with Gasteiger partial charge in [-0.25, -0.2) is 27.2 Å². The van der Waals surface area contributed by atoms with Crippen LogP contribution in [0.3, 0.4) is 0 Å². The van der Waals surface area contributed by atoms with Gasteiger partial charge in [-0.1, -0.05) is 41.4 Å². The Hall–Kier alpha value is -3.33. The van der Waals surface area contributed by atoms with Crippen molar-refractivity contribution in [3.8, 4) is 11.4 Å². The number of aromatic nitrogens is 3. The molecule has 204 valence electrons. The van der Waals surface area contributed by atoms with Crippen LogP contribution in [0.2, 0.25) is 10.0 Å². The number of amides is 1. The molecule has 10 nitrogen and oxygen atoms in total. The third-order valence-electron chi connectivity index (χ3n) is 4.97. The topological polar surface area (TPSA) is 135 Å². The summed E-state index contributed by atoms with van der Waals surface area (Å²) in [4.78, 5) is 25.8. The van der Waals surface area contributed by atoms with Crippen LogP contribution >= 0.6 is 23.2 Å². The molecule has 3 rings (SSSR count). The van der Waals surface area contributed by atoms with Crippen LogP contribution in [0.15, 0.2) is 59.1 Å². The van der Waals surface area contributed by atoms with Gasteiger partial charge in [-0.15, -0.1) is 5.10 Å². The summed E-state index contributed by atoms with van der Waals surface area (Å²) in [5, 5.41) is 16.5. The standard InChI is InChI=1S/C22H20Cl2F3N5O5S/c1-38(36,37)28-10-17(15-4-2-3-5-16(15)24)29-19(34)12-32-21(35)31(11-18(33)22(25,26)27)20(30-32)13-6-8-14(23)9-7-13/h2-9,11,17,28,33H,10,12H2,1H3,(H,29,34)/b18-11-. The van der Waals surface area contributed by atoms with Crippen molar-refractivity contribution in [2.75, 3.05) is 12.8 Å². The van der Waals surface area contributed by atoms with Gasteiger partial charge in [-0.05, 0) is 35.9 Å². The first-order chi connectivity index (χ1) is 17.7. The van der Waals surface area contributed by atoms with Crippen molar-refractivity contribution >= 4 is 45.3 Å². The minimum Gasteiger partial charge on any atom is -0.503 e. The number of nitrogens with zero attached hydrogens (tertiary/aromatic N) is 3. The zero-order valence-electron chi connectivity index (χ0n) is 19.4. The van der Waals surface area contributed by atoms with Crippen LogP contribution in [0.4, 0.5) is 13.2 Å². The number of allylic oxidation sites excluding steroid dienone is 1. The molecule has 0 fully saturated rings. The molecule has 16 heteroatoms. The molecule has 0 spiro atoms. The third-order valence-corrected chi connectivity index (χ3v) is 6.26. The van der Waals surface area contributed by atoms with Gasteiger partial charge in [-0.2, -0.15) is 13.2 Å². The summed E-state index contributed by atoms with van der Waals surface area (Å²) in [7, 11) is -3.65. The highest BCUT2D eigenvalue weighted by Gasteiger charge is 2.35. The molecule has 1 heterocycles. The van der Waals surface area contributed by atoms with Gasteiger partial charge in [0.1, 0.15) is 6.54 Å². The van der Waals surface area contributed by atoms with E-state index >= 15 is 0 Å². The fraction of sp³-hybridized carbons (Fsp3) is 0.227. The number of alkyl halides is 3. The Morgan fingerprint density at radius 2 is 1.79 bits per heavy atom. The lowest BCUT2D eigenvalue weighted by molar-refractivity contribution is -0.122. The van der Waals surface area contributed by atoms with E-state index in [1.165, 1.54) is 30.3 Å². The van der Waals surface area contributed by atoms with Crippen molar-refractivity contribution in [1.29, 1.82) is 0 Å². The minimum absolute atomic E-state index is 0.149. The molecule has 1 amide bonds. The SMILES string of the molecule is CS(=O)(=O)NCC(NC(=O)Cn1nc(-c2ccc(Cl)cc2)n(/C=C(\O)C(F)(F)F)c1=O)c1ccccc1Cl. The van der Waals surface area contributed by atoms with Crippen LogP contribution < -0.4 is 15.7 Å². The molecule has 0 saturated heterocycles. The smallest absolute Gasteiger partial charge is 0.450 e. The van der Waals surface area contributed by atoms with Crippen molar-refractivity contribution in [2.45, 2.75) is 18.8 Å². The maximum Gasteiger partial charge on any atom is 0.450 e. The van der Waals surface area contributed by atoms with Crippen molar-refractivity contribution in [3.05, 3.63) is 80.4 Å². The second-order valence-corrected chi connectivity index (χ2v) is 10.6. The fourth-order valence-corrected chi connectivity index (χ4v) is 4.10. The summed E-state index contributed by atoms with van der Waals surface area (Å²) in [5.74, 6) is -3.20. The largest absolute Gasteiger partial charge is 0.503 e. The molecule has 0 aliphatic rings. The highest BCUT2D eigenvalue weighted by Crippen LogP contribution is 2.26. The monoisotopic (exact) mass is 593 g/mol. The summed E-state index contributed by atoms with van der Waals surface area (Å²) in [5.41, 5.74) is -0.621. The summed E-state index contributed by atoms with van der Waals surface area (Å²) < 4.78 is 65.4. The number of nitrogens with one attached hydrogen (secondary N) is 2. The van der Waals surface area contributed by atoms with Crippen LogP contribution in [0.1, 0.15) is 11.6 Å². The second kappa shape index (κ2) is 11.6. The van der Waals surface area contributed by atoms with E-state index in [4.69, 9.17) is 23.2 Å². The van der Waals surface area contributed by atoms with Crippen LogP contribution in [0.5, 0.6) is 0 Å². The molecular weight excluding hydrogens is 574 g/mol. The van der Waals surface area contributed by atoms with E-state index in [0.29, 0.717) is 19.8 Å². The Bertz CT molecular complexity index is 1520. The zero-order valence-corrected chi connectivity index (χ0v) is 21.7. The number of hydrogen-bond acceptors (Lipinski definition) is 6. The molecule has 3 N–H and O–H groups in total. The molecule has 1 unspecified atom stereocenters. The maximum absolute atomic E-state index is 13.0. The van der Waals surface area contributed by atoms with Gasteiger partial charge >= 0.3 is 11.9 Å². The molecule has 2 aromatic carbocycles. The Balaban J connectivity index is 1.97. The number of carbonyl (C=O) groups is 1. The summed E-state index contributed by atoms with van der Waals surface area (Å²) in [6.07, 6.45) is -4.08. The molecule has 0 bridgehead atoms. The van der Waals surface area contributed by atoms with Crippen LogP contribution in [-0.2, 0) is 21.4 Å². The van der Waals surface area contributed by atoms with Gasteiger partial charge in [0.2, 0.25) is 21.7 Å². The first-order valence-corrected chi connectivity index (χ1v) is 13.2. The molecule has 1 atom stereocenters. The van der Waals surface area contributed by atoms with Crippen molar-refractivity contribution in [1.82, 2.24) is 24.4 Å². The van der Waals surface area contributed by atoms with Crippen LogP contribution in [-0.4, -0.2) is 52.8 Å². The van der Waals surface area contributed by atoms with Gasteiger partial charge in [-0.3, -0.25) is 4.79 Å². The van der Waals surface area contributed by atoms with Crippen LogP contribution in [0.25, 0.3) is 17.6 Å². The fourth-order valence-electron chi connectivity index (χ4n) is 3.24. The lowest BCUT2D eigenvalue weighted by Gasteiger charge is -2.20. The number of sulfonamides is 1. The van der Waals surface area contributed by atoms with Crippen molar-refractivity contribution in [2.24, 2.45) is 0 Å². The highest BCUT2D eigenvalue weighted by atomic mass is 35.5. The third kappa shape index (κ3) is 7.60. The predicted octanol–water partition coefficient (Wildman–Crippen LogP) is 3.34. The van der Waals surface area contributed by atoms with Crippen molar-refractivity contribution in [3.63, 3.8) is 0 Å². The van der Waals surface area contributed by atoms with E-state index in [1.807, 2.05) is 0 Å². The lowest BCUT2D eigenvalue weighted by atomic mass is 10.1. The first-order valence-electron chi connectivity index (χ1n) is 10.6. The van der Waals surface area contributed by atoms with E-state index in [0.717, 1.165) is 6.26 Å². The van der Waals surface area contributed by atoms with Crippen LogP contribution in [0, 0.1) is 0 Å². The Morgan fingerprint density at radius 3 is 2.37 bits per heavy atom. The lowest BCUT2D eigenvalue weighted by Crippen LogP contribution is -2.40. The molecule has 0 saturated carbocycles. The molecule has 1 aromatic heterocycles. The molecule has 38 heavy (non-hydrogen) atoms. The zero-order chi connectivity index (χ0) is 28.3. The number of aliphatic hydroxyl groups is 1. The minimum atomic E-state index is -5.15. The maximum atomic E-state index is 13.0. The summed E-state index contributed by atoms with van der Waals surface area (Å²) in [6.45, 7) is -1.04. The molecule has 3 aromatic rings. The van der Waals surface area contributed by atoms with E-state index < -0.39 is 46.1 Å². The van der Waals surface area contributed by atoms with Gasteiger partial charge < -0.3 is 10.4 Å². The number of halogens is 5. The van der Waals surface area contributed by atoms with Gasteiger partial charge in [0.15, 0.2) is 5.82 Å². The Morgan fingerprint density at radius 1 is 1.16 bits per heavy atom. The Kier molecular flexibility index (Phi) is 8.92. The average molecular weight is 594 g/mol. The summed E-state index contributed by atoms with van der Waals surface area (Å²) >= 11 is 12.0. The average Bonchev–Trinajstić information content (AvgIpc) is 3.11. The van der Waals surface area contributed by atoms with Gasteiger partial charge in [0.05, 0.1) is 18.5 Å². The second-order valence-electron chi connectivity index (χ2n) is 7.92. The molecule has 0 aliphatic carbocycles. The van der Waals surface area contributed by atoms with E-state index in [9.17, 15) is 36.3 Å². The first kappa shape index (κ1) is 29.2. The normalized spacial score (nSPS) is 13.4. The number of carbonyl (C=O) groups excluding carboxylic acids is 1. The number of hydrogen-bond donors (Lipinski definition) is 3. The quantitative estimate of drug-likeness (QED) is 0.326.